The van der Waals surface area contributed by atoms with E-state index in [9.17, 15) is 13.2 Å². The Morgan fingerprint density at radius 1 is 1.12 bits per heavy atom. The Morgan fingerprint density at radius 3 is 2.50 bits per heavy atom. The fourth-order valence-corrected chi connectivity index (χ4v) is 4.20. The molecule has 138 valence electrons. The predicted octanol–water partition coefficient (Wildman–Crippen LogP) is 3.47. The van der Waals surface area contributed by atoms with Crippen LogP contribution in [-0.2, 0) is 22.9 Å². The average molecular weight is 437 g/mol. The van der Waals surface area contributed by atoms with Gasteiger partial charge in [-0.2, -0.15) is 0 Å². The van der Waals surface area contributed by atoms with Gasteiger partial charge in [-0.3, -0.25) is 4.79 Å². The molecule has 0 spiro atoms. The standard InChI is InChI=1S/C19H21BrN2O3S/c1-12(14-7-6-13-4-2-3-5-15(13)10-14)22-19(23)17-11-16(26(21,24)25)8-9-18(17)20/h6-12H,2-5H2,1H3,(H,22,23)(H2,21,24,25). The van der Waals surface area contributed by atoms with Crippen LogP contribution in [0.1, 0.15) is 52.9 Å². The lowest BCUT2D eigenvalue weighted by Gasteiger charge is -2.20. The van der Waals surface area contributed by atoms with Gasteiger partial charge in [0.15, 0.2) is 0 Å². The number of halogens is 1. The number of rotatable bonds is 4. The molecule has 5 nitrogen and oxygen atoms in total. The van der Waals surface area contributed by atoms with Crippen molar-refractivity contribution >= 4 is 31.9 Å². The molecule has 1 unspecified atom stereocenters. The molecule has 0 aliphatic heterocycles. The maximum atomic E-state index is 12.6. The molecule has 2 aromatic rings. The second kappa shape index (κ2) is 7.50. The van der Waals surface area contributed by atoms with Gasteiger partial charge in [-0.15, -0.1) is 0 Å². The van der Waals surface area contributed by atoms with E-state index in [1.807, 2.05) is 13.0 Å². The summed E-state index contributed by atoms with van der Waals surface area (Å²) < 4.78 is 23.6. The quantitative estimate of drug-likeness (QED) is 0.768. The number of sulfonamides is 1. The molecule has 1 aliphatic rings. The summed E-state index contributed by atoms with van der Waals surface area (Å²) in [5.74, 6) is -0.354. The van der Waals surface area contributed by atoms with Crippen LogP contribution in [0.25, 0.3) is 0 Å². The maximum absolute atomic E-state index is 12.6. The van der Waals surface area contributed by atoms with E-state index in [0.29, 0.717) is 4.47 Å². The summed E-state index contributed by atoms with van der Waals surface area (Å²) in [5.41, 5.74) is 4.02. The topological polar surface area (TPSA) is 89.3 Å². The van der Waals surface area contributed by atoms with Crippen molar-refractivity contribution in [1.29, 1.82) is 0 Å². The van der Waals surface area contributed by atoms with E-state index < -0.39 is 10.0 Å². The van der Waals surface area contributed by atoms with Crippen LogP contribution in [0.2, 0.25) is 0 Å². The summed E-state index contributed by atoms with van der Waals surface area (Å²) in [4.78, 5) is 12.5. The Kier molecular flexibility index (Phi) is 5.50. The number of nitrogens with one attached hydrogen (secondary N) is 1. The summed E-state index contributed by atoms with van der Waals surface area (Å²) >= 11 is 3.30. The zero-order chi connectivity index (χ0) is 18.9. The first-order valence-electron chi connectivity index (χ1n) is 8.50. The lowest BCUT2D eigenvalue weighted by Crippen LogP contribution is -2.27. The molecule has 3 N–H and O–H groups in total. The van der Waals surface area contributed by atoms with Gasteiger partial charge in [-0.1, -0.05) is 18.2 Å². The Balaban J connectivity index is 1.81. The largest absolute Gasteiger partial charge is 0.345 e. The third-order valence-corrected chi connectivity index (χ3v) is 6.33. The summed E-state index contributed by atoms with van der Waals surface area (Å²) in [7, 11) is -3.87. The number of aryl methyl sites for hydroxylation is 2. The average Bonchev–Trinajstić information content (AvgIpc) is 2.60. The molecule has 7 heteroatoms. The molecule has 2 aromatic carbocycles. The van der Waals surface area contributed by atoms with Crippen LogP contribution >= 0.6 is 15.9 Å². The fourth-order valence-electron chi connectivity index (χ4n) is 3.24. The summed E-state index contributed by atoms with van der Waals surface area (Å²) in [6.07, 6.45) is 4.62. The van der Waals surface area contributed by atoms with Gasteiger partial charge >= 0.3 is 0 Å². The minimum absolute atomic E-state index is 0.0905. The number of carbonyl (C=O) groups is 1. The Labute approximate surface area is 162 Å². The molecule has 3 rings (SSSR count). The van der Waals surface area contributed by atoms with E-state index in [1.54, 1.807) is 0 Å². The van der Waals surface area contributed by atoms with E-state index in [-0.39, 0.29) is 22.4 Å². The van der Waals surface area contributed by atoms with Crippen LogP contribution in [-0.4, -0.2) is 14.3 Å². The van der Waals surface area contributed by atoms with E-state index >= 15 is 0 Å². The number of nitrogens with two attached hydrogens (primary N) is 1. The lowest BCUT2D eigenvalue weighted by atomic mass is 9.89. The monoisotopic (exact) mass is 436 g/mol. The second-order valence-electron chi connectivity index (χ2n) is 6.62. The van der Waals surface area contributed by atoms with E-state index in [2.05, 4.69) is 33.4 Å². The van der Waals surface area contributed by atoms with Crippen molar-refractivity contribution < 1.29 is 13.2 Å². The molecule has 0 aromatic heterocycles. The highest BCUT2D eigenvalue weighted by Crippen LogP contribution is 2.26. The SMILES string of the molecule is CC(NC(=O)c1cc(S(N)(=O)=O)ccc1Br)c1ccc2c(c1)CCCC2. The molecule has 1 aliphatic carbocycles. The van der Waals surface area contributed by atoms with Crippen molar-refractivity contribution in [1.82, 2.24) is 5.32 Å². The third kappa shape index (κ3) is 4.16. The number of amides is 1. The molecule has 1 atom stereocenters. The fraction of sp³-hybridized carbons (Fsp3) is 0.316. The van der Waals surface area contributed by atoms with Crippen LogP contribution in [0.4, 0.5) is 0 Å². The zero-order valence-corrected chi connectivity index (χ0v) is 16.9. The summed E-state index contributed by atoms with van der Waals surface area (Å²) in [6.45, 7) is 1.92. The van der Waals surface area contributed by atoms with Gasteiger partial charge in [0.1, 0.15) is 0 Å². The van der Waals surface area contributed by atoms with Crippen LogP contribution in [0.3, 0.4) is 0 Å². The number of carbonyl (C=O) groups excluding carboxylic acids is 1. The van der Waals surface area contributed by atoms with E-state index in [0.717, 1.165) is 18.4 Å². The van der Waals surface area contributed by atoms with Gasteiger partial charge in [0.2, 0.25) is 10.0 Å². The van der Waals surface area contributed by atoms with Gasteiger partial charge in [0.05, 0.1) is 16.5 Å². The lowest BCUT2D eigenvalue weighted by molar-refractivity contribution is 0.0939. The second-order valence-corrected chi connectivity index (χ2v) is 9.03. The smallest absolute Gasteiger partial charge is 0.252 e. The van der Waals surface area contributed by atoms with Crippen LogP contribution in [0, 0.1) is 0 Å². The van der Waals surface area contributed by atoms with Gasteiger partial charge in [0.25, 0.3) is 5.91 Å². The van der Waals surface area contributed by atoms with Crippen LogP contribution < -0.4 is 10.5 Å². The Hall–Kier alpha value is -1.70. The van der Waals surface area contributed by atoms with Gasteiger partial charge in [-0.25, -0.2) is 13.6 Å². The highest BCUT2D eigenvalue weighted by Gasteiger charge is 2.18. The number of benzene rings is 2. The molecule has 0 saturated carbocycles. The van der Waals surface area contributed by atoms with Crippen LogP contribution in [0.5, 0.6) is 0 Å². The van der Waals surface area contributed by atoms with Crippen molar-refractivity contribution in [3.05, 3.63) is 63.1 Å². The Bertz CT molecular complexity index is 957. The third-order valence-electron chi connectivity index (χ3n) is 4.73. The Morgan fingerprint density at radius 2 is 1.81 bits per heavy atom. The molecule has 0 fully saturated rings. The molecule has 1 amide bonds. The first kappa shape index (κ1) is 19.1. The number of fused-ring (bicyclic) bond motifs is 1. The van der Waals surface area contributed by atoms with Crippen molar-refractivity contribution in [2.45, 2.75) is 43.5 Å². The minimum atomic E-state index is -3.87. The van der Waals surface area contributed by atoms with E-state index in [1.165, 1.54) is 42.2 Å². The summed E-state index contributed by atoms with van der Waals surface area (Å²) in [6, 6.07) is 10.3. The maximum Gasteiger partial charge on any atom is 0.252 e. The number of primary sulfonamides is 1. The molecule has 26 heavy (non-hydrogen) atoms. The minimum Gasteiger partial charge on any atom is -0.345 e. The number of hydrogen-bond acceptors (Lipinski definition) is 3. The highest BCUT2D eigenvalue weighted by molar-refractivity contribution is 9.10. The first-order valence-corrected chi connectivity index (χ1v) is 10.8. The molecule has 0 saturated heterocycles. The van der Waals surface area contributed by atoms with Gasteiger partial charge in [0, 0.05) is 4.47 Å². The highest BCUT2D eigenvalue weighted by atomic mass is 79.9. The molecular formula is C19H21BrN2O3S. The van der Waals surface area contributed by atoms with Crippen molar-refractivity contribution in [3.8, 4) is 0 Å². The predicted molar refractivity (Wildman–Crippen MR) is 104 cm³/mol. The summed E-state index contributed by atoms with van der Waals surface area (Å²) in [5, 5.41) is 8.09. The first-order chi connectivity index (χ1) is 12.3. The van der Waals surface area contributed by atoms with Gasteiger partial charge in [-0.05, 0) is 83.4 Å². The van der Waals surface area contributed by atoms with Crippen molar-refractivity contribution in [2.24, 2.45) is 5.14 Å². The molecular weight excluding hydrogens is 416 g/mol. The number of hydrogen-bond donors (Lipinski definition) is 2. The van der Waals surface area contributed by atoms with E-state index in [4.69, 9.17) is 5.14 Å². The van der Waals surface area contributed by atoms with Gasteiger partial charge < -0.3 is 5.32 Å². The molecule has 0 heterocycles. The van der Waals surface area contributed by atoms with Crippen molar-refractivity contribution in [2.75, 3.05) is 0 Å². The van der Waals surface area contributed by atoms with Crippen molar-refractivity contribution in [3.63, 3.8) is 0 Å². The molecule has 0 radical (unpaired) electrons. The van der Waals surface area contributed by atoms with Crippen LogP contribution in [0.15, 0.2) is 45.8 Å². The zero-order valence-electron chi connectivity index (χ0n) is 14.5. The molecule has 0 bridgehead atoms. The normalized spacial score (nSPS) is 15.2.